The number of halogens is 3. The Balaban J connectivity index is 2.97. The number of carbonyl (C=O) groups excluding carboxylic acids is 1. The van der Waals surface area contributed by atoms with E-state index in [0.717, 1.165) is 12.1 Å². The van der Waals surface area contributed by atoms with Gasteiger partial charge in [-0.2, -0.15) is 0 Å². The Kier molecular flexibility index (Phi) is 4.25. The minimum atomic E-state index is -0.668. The van der Waals surface area contributed by atoms with E-state index >= 15 is 0 Å². The van der Waals surface area contributed by atoms with Gasteiger partial charge in [0.15, 0.2) is 0 Å². The molecule has 0 saturated carbocycles. The van der Waals surface area contributed by atoms with Gasteiger partial charge in [-0.3, -0.25) is 4.79 Å². The van der Waals surface area contributed by atoms with E-state index in [9.17, 15) is 13.6 Å². The summed E-state index contributed by atoms with van der Waals surface area (Å²) in [7, 11) is 0. The van der Waals surface area contributed by atoms with Crippen molar-refractivity contribution in [3.05, 3.63) is 28.2 Å². The largest absolute Gasteiger partial charge is 0.323 e. The second-order valence-electron chi connectivity index (χ2n) is 4.44. The molecule has 0 spiro atoms. The summed E-state index contributed by atoms with van der Waals surface area (Å²) in [4.78, 5) is 11.8. The lowest BCUT2D eigenvalue weighted by atomic mass is 9.89. The van der Waals surface area contributed by atoms with Crippen molar-refractivity contribution in [1.82, 2.24) is 0 Å². The molecule has 0 bridgehead atoms. The van der Waals surface area contributed by atoms with Crippen LogP contribution in [0.2, 0.25) is 0 Å². The van der Waals surface area contributed by atoms with E-state index in [1.807, 2.05) is 6.92 Å². The predicted molar refractivity (Wildman–Crippen MR) is 66.8 cm³/mol. The van der Waals surface area contributed by atoms with Crippen LogP contribution in [0.1, 0.15) is 27.2 Å². The van der Waals surface area contributed by atoms with Gasteiger partial charge >= 0.3 is 0 Å². The summed E-state index contributed by atoms with van der Waals surface area (Å²) in [6.45, 7) is 5.35. The first-order valence-corrected chi connectivity index (χ1v) is 6.03. The van der Waals surface area contributed by atoms with Crippen molar-refractivity contribution in [2.45, 2.75) is 27.2 Å². The number of hydrogen-bond acceptors (Lipinski definition) is 1. The van der Waals surface area contributed by atoms with E-state index in [1.54, 1.807) is 13.8 Å². The fourth-order valence-electron chi connectivity index (χ4n) is 1.07. The Morgan fingerprint density at radius 3 is 2.47 bits per heavy atom. The molecule has 1 aromatic carbocycles. The molecule has 0 saturated heterocycles. The maximum absolute atomic E-state index is 13.5. The third-order valence-corrected chi connectivity index (χ3v) is 3.36. The van der Waals surface area contributed by atoms with Gasteiger partial charge in [-0.15, -0.1) is 0 Å². The van der Waals surface area contributed by atoms with Crippen molar-refractivity contribution in [1.29, 1.82) is 0 Å². The molecule has 1 amide bonds. The van der Waals surface area contributed by atoms with Crippen LogP contribution in [-0.2, 0) is 4.79 Å². The Bertz CT molecular complexity index is 446. The highest BCUT2D eigenvalue weighted by Gasteiger charge is 2.26. The van der Waals surface area contributed by atoms with Gasteiger partial charge in [-0.05, 0) is 28.4 Å². The lowest BCUT2D eigenvalue weighted by Gasteiger charge is -2.21. The SMILES string of the molecule is CCC(C)(C)C(=O)Nc1cc(F)c(Br)cc1F. The molecule has 17 heavy (non-hydrogen) atoms. The molecule has 0 atom stereocenters. The summed E-state index contributed by atoms with van der Waals surface area (Å²) in [5.74, 6) is -1.62. The smallest absolute Gasteiger partial charge is 0.230 e. The topological polar surface area (TPSA) is 29.1 Å². The van der Waals surface area contributed by atoms with E-state index in [4.69, 9.17) is 0 Å². The van der Waals surface area contributed by atoms with Crippen LogP contribution in [-0.4, -0.2) is 5.91 Å². The lowest BCUT2D eigenvalue weighted by Crippen LogP contribution is -2.30. The van der Waals surface area contributed by atoms with Gasteiger partial charge in [0.05, 0.1) is 10.2 Å². The van der Waals surface area contributed by atoms with E-state index in [2.05, 4.69) is 21.2 Å². The predicted octanol–water partition coefficient (Wildman–Crippen LogP) is 4.10. The monoisotopic (exact) mass is 305 g/mol. The van der Waals surface area contributed by atoms with Gasteiger partial charge < -0.3 is 5.32 Å². The molecule has 0 unspecified atom stereocenters. The zero-order valence-electron chi connectivity index (χ0n) is 9.90. The zero-order chi connectivity index (χ0) is 13.2. The summed E-state index contributed by atoms with van der Waals surface area (Å²) in [5, 5.41) is 2.39. The Morgan fingerprint density at radius 1 is 1.35 bits per heavy atom. The van der Waals surface area contributed by atoms with Gasteiger partial charge in [-0.25, -0.2) is 8.78 Å². The molecule has 1 N–H and O–H groups in total. The minimum absolute atomic E-state index is 0.0303. The van der Waals surface area contributed by atoms with E-state index in [0.29, 0.717) is 6.42 Å². The van der Waals surface area contributed by atoms with Gasteiger partial charge in [0.25, 0.3) is 0 Å². The normalized spacial score (nSPS) is 11.4. The quantitative estimate of drug-likeness (QED) is 0.837. The van der Waals surface area contributed by atoms with Crippen LogP contribution in [0.4, 0.5) is 14.5 Å². The number of carbonyl (C=O) groups is 1. The number of rotatable bonds is 3. The molecule has 0 aliphatic heterocycles. The Morgan fingerprint density at radius 2 is 1.94 bits per heavy atom. The van der Waals surface area contributed by atoms with Crippen LogP contribution in [0.3, 0.4) is 0 Å². The highest BCUT2D eigenvalue weighted by molar-refractivity contribution is 9.10. The van der Waals surface area contributed by atoms with Crippen LogP contribution in [0, 0.1) is 17.0 Å². The standard InChI is InChI=1S/C12H14BrF2NO/c1-4-12(2,3)11(17)16-10-6-8(14)7(13)5-9(10)15/h5-6H,4H2,1-3H3,(H,16,17). The number of nitrogens with one attached hydrogen (secondary N) is 1. The third kappa shape index (κ3) is 3.25. The van der Waals surface area contributed by atoms with Gasteiger partial charge in [0.1, 0.15) is 11.6 Å². The molecular weight excluding hydrogens is 292 g/mol. The number of anilines is 1. The highest BCUT2D eigenvalue weighted by Crippen LogP contribution is 2.26. The molecule has 2 nitrogen and oxygen atoms in total. The number of benzene rings is 1. The second-order valence-corrected chi connectivity index (χ2v) is 5.29. The maximum atomic E-state index is 13.5. The maximum Gasteiger partial charge on any atom is 0.230 e. The molecule has 1 aromatic rings. The Hall–Kier alpha value is -0.970. The van der Waals surface area contributed by atoms with Crippen LogP contribution in [0.5, 0.6) is 0 Å². The molecule has 0 aliphatic rings. The number of amides is 1. The van der Waals surface area contributed by atoms with E-state index in [1.165, 1.54) is 0 Å². The van der Waals surface area contributed by atoms with Crippen molar-refractivity contribution in [3.63, 3.8) is 0 Å². The average Bonchev–Trinajstić information content (AvgIpc) is 2.25. The minimum Gasteiger partial charge on any atom is -0.323 e. The summed E-state index contributed by atoms with van der Waals surface area (Å²) in [6, 6.07) is 1.95. The summed E-state index contributed by atoms with van der Waals surface area (Å²) in [5.41, 5.74) is -0.757. The first-order valence-electron chi connectivity index (χ1n) is 5.24. The van der Waals surface area contributed by atoms with Gasteiger partial charge in [0.2, 0.25) is 5.91 Å². The molecule has 0 heterocycles. The fraction of sp³-hybridized carbons (Fsp3) is 0.417. The van der Waals surface area contributed by atoms with Crippen LogP contribution < -0.4 is 5.32 Å². The molecule has 0 aliphatic carbocycles. The molecule has 0 radical (unpaired) electrons. The summed E-state index contributed by atoms with van der Waals surface area (Å²) < 4.78 is 26.7. The van der Waals surface area contributed by atoms with Crippen molar-refractivity contribution in [2.24, 2.45) is 5.41 Å². The van der Waals surface area contributed by atoms with Crippen molar-refractivity contribution in [2.75, 3.05) is 5.32 Å². The van der Waals surface area contributed by atoms with Crippen LogP contribution in [0.25, 0.3) is 0 Å². The van der Waals surface area contributed by atoms with Crippen molar-refractivity contribution < 1.29 is 13.6 Å². The summed E-state index contributed by atoms with van der Waals surface area (Å²) in [6.07, 6.45) is 0.611. The molecule has 5 heteroatoms. The molecular formula is C12H14BrF2NO. The molecule has 94 valence electrons. The van der Waals surface area contributed by atoms with Gasteiger partial charge in [0, 0.05) is 11.5 Å². The van der Waals surface area contributed by atoms with E-state index in [-0.39, 0.29) is 16.1 Å². The van der Waals surface area contributed by atoms with Crippen molar-refractivity contribution in [3.8, 4) is 0 Å². The molecule has 0 fully saturated rings. The second kappa shape index (κ2) is 5.12. The Labute approximate surface area is 108 Å². The van der Waals surface area contributed by atoms with Gasteiger partial charge in [-0.1, -0.05) is 20.8 Å². The first kappa shape index (κ1) is 14.1. The van der Waals surface area contributed by atoms with Crippen LogP contribution >= 0.6 is 15.9 Å². The molecule has 0 aromatic heterocycles. The van der Waals surface area contributed by atoms with Crippen LogP contribution in [0.15, 0.2) is 16.6 Å². The first-order chi connectivity index (χ1) is 7.77. The zero-order valence-corrected chi connectivity index (χ0v) is 11.5. The summed E-state index contributed by atoms with van der Waals surface area (Å²) >= 11 is 2.87. The fourth-order valence-corrected chi connectivity index (χ4v) is 1.39. The molecule has 1 rings (SSSR count). The lowest BCUT2D eigenvalue weighted by molar-refractivity contribution is -0.124. The van der Waals surface area contributed by atoms with E-state index < -0.39 is 17.0 Å². The highest BCUT2D eigenvalue weighted by atomic mass is 79.9. The third-order valence-electron chi connectivity index (χ3n) is 2.76. The average molecular weight is 306 g/mol. The number of hydrogen-bond donors (Lipinski definition) is 1. The van der Waals surface area contributed by atoms with Crippen molar-refractivity contribution >= 4 is 27.5 Å².